The Morgan fingerprint density at radius 1 is 1.12 bits per heavy atom. The van der Waals surface area contributed by atoms with E-state index in [-0.39, 0.29) is 11.4 Å². The van der Waals surface area contributed by atoms with Crippen molar-refractivity contribution >= 4 is 56.6 Å². The lowest BCUT2D eigenvalue weighted by molar-refractivity contribution is -0.139. The molecule has 0 atom stereocenters. The zero-order valence-corrected chi connectivity index (χ0v) is 19.7. The summed E-state index contributed by atoms with van der Waals surface area (Å²) in [4.78, 5) is 28.7. The number of nitrogens with zero attached hydrogens (tertiary/aromatic N) is 3. The van der Waals surface area contributed by atoms with Gasteiger partial charge in [0.05, 0.1) is 20.7 Å². The molecule has 34 heavy (non-hydrogen) atoms. The lowest BCUT2D eigenvalue weighted by Gasteiger charge is -2.08. The molecule has 0 saturated carbocycles. The molecule has 0 aliphatic heterocycles. The van der Waals surface area contributed by atoms with Crippen LogP contribution in [0, 0.1) is 3.57 Å². The number of furan rings is 1. The maximum Gasteiger partial charge on any atom is 0.341 e. The molecule has 0 bridgehead atoms. The van der Waals surface area contributed by atoms with Crippen molar-refractivity contribution in [3.8, 4) is 17.3 Å². The summed E-state index contributed by atoms with van der Waals surface area (Å²) in [7, 11) is 0. The highest BCUT2D eigenvalue weighted by Gasteiger charge is 2.16. The van der Waals surface area contributed by atoms with Crippen molar-refractivity contribution in [3.63, 3.8) is 0 Å². The second-order valence-corrected chi connectivity index (χ2v) is 8.50. The van der Waals surface area contributed by atoms with Crippen LogP contribution in [0.25, 0.3) is 33.5 Å². The first-order valence-corrected chi connectivity index (χ1v) is 11.3. The zero-order chi connectivity index (χ0) is 23.7. The molecular weight excluding hydrogens is 549 g/mol. The monoisotopic (exact) mass is 565 g/mol. The molecule has 2 aromatic heterocycles. The molecule has 5 rings (SSSR count). The first-order valence-electron chi connectivity index (χ1n) is 10.2. The molecule has 0 amide bonds. The number of ether oxygens (including phenoxy) is 1. The number of aromatic nitrogens is 2. The summed E-state index contributed by atoms with van der Waals surface area (Å²) in [5.74, 6) is 0.107. The number of para-hydroxylation sites is 2. The second kappa shape index (κ2) is 9.10. The van der Waals surface area contributed by atoms with E-state index in [1.807, 2.05) is 36.4 Å². The molecule has 3 aromatic carbocycles. The van der Waals surface area contributed by atoms with Gasteiger partial charge in [0.2, 0.25) is 5.82 Å². The largest absolute Gasteiger partial charge is 0.481 e. The Morgan fingerprint density at radius 3 is 2.71 bits per heavy atom. The normalized spacial score (nSPS) is 11.4. The number of carboxylic acid groups (broad SMARTS) is 1. The molecule has 0 aliphatic carbocycles. The Morgan fingerprint density at radius 2 is 1.91 bits per heavy atom. The first kappa shape index (κ1) is 21.8. The third kappa shape index (κ3) is 4.29. The highest BCUT2D eigenvalue weighted by molar-refractivity contribution is 14.1. The second-order valence-electron chi connectivity index (χ2n) is 7.33. The van der Waals surface area contributed by atoms with E-state index in [1.165, 1.54) is 10.9 Å². The molecule has 0 aliphatic rings. The van der Waals surface area contributed by atoms with Gasteiger partial charge in [0.25, 0.3) is 5.56 Å². The van der Waals surface area contributed by atoms with Crippen LogP contribution in [-0.2, 0) is 4.79 Å². The van der Waals surface area contributed by atoms with E-state index in [4.69, 9.17) is 14.3 Å². The van der Waals surface area contributed by atoms with E-state index in [9.17, 15) is 9.59 Å². The summed E-state index contributed by atoms with van der Waals surface area (Å²) in [6.07, 6.45) is 1.53. The van der Waals surface area contributed by atoms with Gasteiger partial charge in [-0.25, -0.2) is 9.78 Å². The van der Waals surface area contributed by atoms with Gasteiger partial charge in [-0.05, 0) is 70.6 Å². The van der Waals surface area contributed by atoms with Crippen LogP contribution in [0.15, 0.2) is 87.1 Å². The van der Waals surface area contributed by atoms with E-state index in [0.29, 0.717) is 37.1 Å². The highest BCUT2D eigenvalue weighted by atomic mass is 127. The number of rotatable bonds is 6. The minimum atomic E-state index is -1.05. The van der Waals surface area contributed by atoms with Crippen LogP contribution in [0.2, 0.25) is 0 Å². The summed E-state index contributed by atoms with van der Waals surface area (Å²) in [6.45, 7) is -0.428. The number of carbonyl (C=O) groups is 1. The summed E-state index contributed by atoms with van der Waals surface area (Å²) >= 11 is 2.05. The van der Waals surface area contributed by atoms with E-state index < -0.39 is 12.6 Å². The van der Waals surface area contributed by atoms with Crippen LogP contribution in [-0.4, -0.2) is 33.6 Å². The van der Waals surface area contributed by atoms with Gasteiger partial charge in [0, 0.05) is 5.39 Å². The quantitative estimate of drug-likeness (QED) is 0.235. The molecular formula is C25H16IN3O5. The molecule has 0 radical (unpaired) electrons. The lowest BCUT2D eigenvalue weighted by atomic mass is 10.2. The van der Waals surface area contributed by atoms with E-state index in [2.05, 4.69) is 32.7 Å². The van der Waals surface area contributed by atoms with Crippen LogP contribution in [0.3, 0.4) is 0 Å². The van der Waals surface area contributed by atoms with Crippen LogP contribution < -0.4 is 10.3 Å². The number of hydrogen-bond donors (Lipinski definition) is 1. The molecule has 5 aromatic rings. The predicted molar refractivity (Wildman–Crippen MR) is 136 cm³/mol. The number of carboxylic acids is 1. The Balaban J connectivity index is 1.60. The lowest BCUT2D eigenvalue weighted by Crippen LogP contribution is -2.20. The smallest absolute Gasteiger partial charge is 0.341 e. The van der Waals surface area contributed by atoms with Crippen molar-refractivity contribution in [1.29, 1.82) is 0 Å². The maximum absolute atomic E-state index is 13.3. The standard InChI is InChI=1S/C25H16IN3O5/c26-18-11-15(9-10-21(18)33-14-23(30)31)13-27-29-24(22-12-16-5-1-4-8-20(16)34-22)28-19-7-3-2-6-17(19)25(29)32/h1-13H,14H2,(H,30,31). The van der Waals surface area contributed by atoms with Crippen LogP contribution in [0.1, 0.15) is 5.56 Å². The summed E-state index contributed by atoms with van der Waals surface area (Å²) in [5.41, 5.74) is 1.60. The van der Waals surface area contributed by atoms with Crippen LogP contribution in [0.5, 0.6) is 5.75 Å². The minimum absolute atomic E-state index is 0.284. The van der Waals surface area contributed by atoms with Gasteiger partial charge in [0.1, 0.15) is 11.3 Å². The van der Waals surface area contributed by atoms with E-state index in [0.717, 1.165) is 5.39 Å². The summed E-state index contributed by atoms with van der Waals surface area (Å²) in [5, 5.41) is 14.6. The Labute approximate surface area is 206 Å². The van der Waals surface area contributed by atoms with E-state index in [1.54, 1.807) is 36.4 Å². The van der Waals surface area contributed by atoms with Crippen molar-refractivity contribution in [2.24, 2.45) is 5.10 Å². The Bertz CT molecular complexity index is 1600. The number of fused-ring (bicyclic) bond motifs is 2. The van der Waals surface area contributed by atoms with Gasteiger partial charge in [-0.15, -0.1) is 0 Å². The van der Waals surface area contributed by atoms with Gasteiger partial charge >= 0.3 is 5.97 Å². The van der Waals surface area contributed by atoms with Gasteiger partial charge < -0.3 is 14.3 Å². The fourth-order valence-electron chi connectivity index (χ4n) is 3.46. The predicted octanol–water partition coefficient (Wildman–Crippen LogP) is 4.76. The maximum atomic E-state index is 13.3. The minimum Gasteiger partial charge on any atom is -0.481 e. The summed E-state index contributed by atoms with van der Waals surface area (Å²) in [6, 6.07) is 21.6. The number of benzene rings is 3. The Kier molecular flexibility index (Phi) is 5.84. The third-order valence-electron chi connectivity index (χ3n) is 5.03. The van der Waals surface area contributed by atoms with Crippen molar-refractivity contribution in [3.05, 3.63) is 92.3 Å². The van der Waals surface area contributed by atoms with Crippen molar-refractivity contribution in [2.75, 3.05) is 6.61 Å². The molecule has 0 saturated heterocycles. The number of aliphatic carboxylic acids is 1. The molecule has 0 unspecified atom stereocenters. The van der Waals surface area contributed by atoms with Crippen molar-refractivity contribution in [1.82, 2.24) is 9.66 Å². The molecule has 168 valence electrons. The molecule has 2 heterocycles. The fraction of sp³-hybridized carbons (Fsp3) is 0.0400. The average Bonchev–Trinajstić information content (AvgIpc) is 3.27. The highest BCUT2D eigenvalue weighted by Crippen LogP contribution is 2.27. The topological polar surface area (TPSA) is 107 Å². The van der Waals surface area contributed by atoms with Gasteiger partial charge in [0.15, 0.2) is 12.4 Å². The van der Waals surface area contributed by atoms with Gasteiger partial charge in [-0.3, -0.25) is 4.79 Å². The molecule has 8 nitrogen and oxygen atoms in total. The average molecular weight is 565 g/mol. The molecule has 1 N–H and O–H groups in total. The number of hydrogen-bond acceptors (Lipinski definition) is 6. The molecule has 9 heteroatoms. The molecule has 0 fully saturated rings. The summed E-state index contributed by atoms with van der Waals surface area (Å²) < 4.78 is 13.2. The Hall–Kier alpha value is -3.99. The zero-order valence-electron chi connectivity index (χ0n) is 17.5. The van der Waals surface area contributed by atoms with Crippen molar-refractivity contribution < 1.29 is 19.1 Å². The van der Waals surface area contributed by atoms with Gasteiger partial charge in [-0.2, -0.15) is 9.78 Å². The SMILES string of the molecule is O=C(O)COc1ccc(C=Nn2c(-c3cc4ccccc4o3)nc3ccccc3c2=O)cc1I. The van der Waals surface area contributed by atoms with E-state index >= 15 is 0 Å². The fourth-order valence-corrected chi connectivity index (χ4v) is 4.16. The number of halogens is 1. The first-order chi connectivity index (χ1) is 16.5. The molecule has 0 spiro atoms. The van der Waals surface area contributed by atoms with Gasteiger partial charge in [-0.1, -0.05) is 30.3 Å². The van der Waals surface area contributed by atoms with Crippen LogP contribution in [0.4, 0.5) is 0 Å². The van der Waals surface area contributed by atoms with Crippen molar-refractivity contribution in [2.45, 2.75) is 0 Å². The third-order valence-corrected chi connectivity index (χ3v) is 5.87. The van der Waals surface area contributed by atoms with Crippen LogP contribution >= 0.6 is 22.6 Å².